The molecular formula is C14H20N2O2S. The lowest BCUT2D eigenvalue weighted by molar-refractivity contribution is -0.384. The third kappa shape index (κ3) is 3.62. The zero-order chi connectivity index (χ0) is 13.8. The second kappa shape index (κ2) is 6.28. The molecule has 0 amide bonds. The summed E-state index contributed by atoms with van der Waals surface area (Å²) >= 11 is 1.92. The predicted octanol–water partition coefficient (Wildman–Crippen LogP) is 3.99. The normalized spacial score (nSPS) is 23.1. The van der Waals surface area contributed by atoms with E-state index in [2.05, 4.69) is 11.6 Å². The molecule has 1 saturated carbocycles. The second-order valence-corrected chi connectivity index (χ2v) is 6.26. The zero-order valence-corrected chi connectivity index (χ0v) is 12.2. The molecule has 0 aromatic heterocycles. The summed E-state index contributed by atoms with van der Waals surface area (Å²) in [7, 11) is 0. The van der Waals surface area contributed by atoms with Crippen molar-refractivity contribution in [1.82, 2.24) is 0 Å². The molecule has 4 nitrogen and oxygen atoms in total. The summed E-state index contributed by atoms with van der Waals surface area (Å²) in [6.45, 7) is 1.99. The maximum atomic E-state index is 10.8. The molecule has 2 atom stereocenters. The molecule has 2 rings (SSSR count). The molecule has 2 unspecified atom stereocenters. The number of anilines is 1. The molecule has 19 heavy (non-hydrogen) atoms. The van der Waals surface area contributed by atoms with E-state index in [0.29, 0.717) is 11.3 Å². The smallest absolute Gasteiger partial charge is 0.271 e. The number of non-ortho nitro benzene ring substituents is 1. The van der Waals surface area contributed by atoms with Crippen molar-refractivity contribution in [2.75, 3.05) is 11.6 Å². The fourth-order valence-electron chi connectivity index (χ4n) is 2.59. The van der Waals surface area contributed by atoms with E-state index in [9.17, 15) is 10.1 Å². The van der Waals surface area contributed by atoms with Gasteiger partial charge in [-0.2, -0.15) is 11.8 Å². The lowest BCUT2D eigenvalue weighted by atomic mass is 9.94. The molecule has 1 fully saturated rings. The Balaban J connectivity index is 2.09. The van der Waals surface area contributed by atoms with Crippen LogP contribution in [0.2, 0.25) is 0 Å². The van der Waals surface area contributed by atoms with Gasteiger partial charge >= 0.3 is 0 Å². The predicted molar refractivity (Wildman–Crippen MR) is 81.0 cm³/mol. The second-order valence-electron chi connectivity index (χ2n) is 5.12. The van der Waals surface area contributed by atoms with Crippen molar-refractivity contribution in [3.8, 4) is 0 Å². The molecule has 0 saturated heterocycles. The minimum Gasteiger partial charge on any atom is -0.382 e. The molecule has 1 N–H and O–H groups in total. The van der Waals surface area contributed by atoms with E-state index < -0.39 is 0 Å². The summed E-state index contributed by atoms with van der Waals surface area (Å²) in [4.78, 5) is 10.5. The molecule has 5 heteroatoms. The van der Waals surface area contributed by atoms with Gasteiger partial charge in [0.25, 0.3) is 5.69 Å². The van der Waals surface area contributed by atoms with Crippen molar-refractivity contribution in [2.24, 2.45) is 0 Å². The maximum absolute atomic E-state index is 10.8. The van der Waals surface area contributed by atoms with Gasteiger partial charge in [-0.3, -0.25) is 10.1 Å². The number of nitro benzene ring substituents is 1. The van der Waals surface area contributed by atoms with Gasteiger partial charge in [0, 0.05) is 29.1 Å². The molecule has 104 valence electrons. The first-order chi connectivity index (χ1) is 9.10. The van der Waals surface area contributed by atoms with E-state index in [4.69, 9.17) is 0 Å². The first kappa shape index (κ1) is 14.2. The van der Waals surface area contributed by atoms with E-state index in [-0.39, 0.29) is 10.6 Å². The molecule has 0 aliphatic heterocycles. The number of nitro groups is 1. The minimum absolute atomic E-state index is 0.158. The van der Waals surface area contributed by atoms with Gasteiger partial charge in [-0.05, 0) is 38.0 Å². The lowest BCUT2D eigenvalue weighted by Crippen LogP contribution is -2.28. The van der Waals surface area contributed by atoms with Crippen LogP contribution in [0.4, 0.5) is 11.4 Å². The van der Waals surface area contributed by atoms with Gasteiger partial charge in [-0.15, -0.1) is 0 Å². The number of rotatable bonds is 4. The summed E-state index contributed by atoms with van der Waals surface area (Å²) in [6.07, 6.45) is 6.97. The van der Waals surface area contributed by atoms with Crippen molar-refractivity contribution < 1.29 is 4.92 Å². The fraction of sp³-hybridized carbons (Fsp3) is 0.571. The van der Waals surface area contributed by atoms with Crippen molar-refractivity contribution in [1.29, 1.82) is 0 Å². The average molecular weight is 280 g/mol. The van der Waals surface area contributed by atoms with Crippen LogP contribution >= 0.6 is 11.8 Å². The van der Waals surface area contributed by atoms with E-state index in [1.54, 1.807) is 12.1 Å². The number of aryl methyl sites for hydroxylation is 1. The minimum atomic E-state index is -0.337. The molecule has 1 aromatic carbocycles. The van der Waals surface area contributed by atoms with Gasteiger partial charge in [-0.1, -0.05) is 12.5 Å². The molecule has 0 radical (unpaired) electrons. The number of thioether (sulfide) groups is 1. The lowest BCUT2D eigenvalue weighted by Gasteiger charge is -2.29. The van der Waals surface area contributed by atoms with Crippen LogP contribution in [0, 0.1) is 17.0 Å². The fourth-order valence-corrected chi connectivity index (χ4v) is 3.42. The van der Waals surface area contributed by atoms with Crippen LogP contribution in [-0.2, 0) is 0 Å². The summed E-state index contributed by atoms with van der Waals surface area (Å²) in [5.74, 6) is 0. The van der Waals surface area contributed by atoms with Crippen molar-refractivity contribution in [2.45, 2.75) is 43.9 Å². The van der Waals surface area contributed by atoms with Gasteiger partial charge in [0.2, 0.25) is 0 Å². The number of benzene rings is 1. The van der Waals surface area contributed by atoms with Gasteiger partial charge < -0.3 is 5.32 Å². The van der Waals surface area contributed by atoms with Crippen LogP contribution < -0.4 is 5.32 Å². The van der Waals surface area contributed by atoms with Crippen LogP contribution in [0.5, 0.6) is 0 Å². The van der Waals surface area contributed by atoms with Gasteiger partial charge in [0.1, 0.15) is 0 Å². The Morgan fingerprint density at radius 3 is 2.89 bits per heavy atom. The van der Waals surface area contributed by atoms with Gasteiger partial charge in [0.05, 0.1) is 4.92 Å². The molecule has 0 bridgehead atoms. The molecule has 1 aromatic rings. The first-order valence-corrected chi connectivity index (χ1v) is 7.93. The third-order valence-electron chi connectivity index (χ3n) is 3.75. The highest BCUT2D eigenvalue weighted by atomic mass is 32.2. The SMILES string of the molecule is CSC1CCCC(Nc2cc([N+](=O)[O-])ccc2C)C1. The third-order valence-corrected chi connectivity index (χ3v) is 4.85. The summed E-state index contributed by atoms with van der Waals surface area (Å²) < 4.78 is 0. The van der Waals surface area contributed by atoms with E-state index >= 15 is 0 Å². The number of nitrogens with zero attached hydrogens (tertiary/aromatic N) is 1. The Bertz CT molecular complexity index is 465. The van der Waals surface area contributed by atoms with Gasteiger partial charge in [-0.25, -0.2) is 0 Å². The highest BCUT2D eigenvalue weighted by Crippen LogP contribution is 2.30. The largest absolute Gasteiger partial charge is 0.382 e. The van der Waals surface area contributed by atoms with Crippen LogP contribution in [0.1, 0.15) is 31.2 Å². The average Bonchev–Trinajstić information content (AvgIpc) is 2.41. The Labute approximate surface area is 118 Å². The van der Waals surface area contributed by atoms with E-state index in [0.717, 1.165) is 24.1 Å². The van der Waals surface area contributed by atoms with Crippen molar-refractivity contribution in [3.05, 3.63) is 33.9 Å². The monoisotopic (exact) mass is 280 g/mol. The Kier molecular flexibility index (Phi) is 4.69. The van der Waals surface area contributed by atoms with Crippen LogP contribution in [0.3, 0.4) is 0 Å². The van der Waals surface area contributed by atoms with E-state index in [1.807, 2.05) is 24.8 Å². The highest BCUT2D eigenvalue weighted by molar-refractivity contribution is 7.99. The number of nitrogens with one attached hydrogen (secondary N) is 1. The van der Waals surface area contributed by atoms with Crippen LogP contribution in [-0.4, -0.2) is 22.5 Å². The van der Waals surface area contributed by atoms with Gasteiger partial charge in [0.15, 0.2) is 0 Å². The molecule has 0 spiro atoms. The maximum Gasteiger partial charge on any atom is 0.271 e. The topological polar surface area (TPSA) is 55.2 Å². The van der Waals surface area contributed by atoms with Crippen LogP contribution in [0.15, 0.2) is 18.2 Å². The van der Waals surface area contributed by atoms with E-state index in [1.165, 1.54) is 12.8 Å². The quantitative estimate of drug-likeness (QED) is 0.669. The molecule has 1 aliphatic carbocycles. The number of hydrogen-bond donors (Lipinski definition) is 1. The summed E-state index contributed by atoms with van der Waals surface area (Å²) in [5.41, 5.74) is 2.13. The molecular weight excluding hydrogens is 260 g/mol. The Morgan fingerprint density at radius 1 is 1.42 bits per heavy atom. The summed E-state index contributed by atoms with van der Waals surface area (Å²) in [6, 6.07) is 5.46. The molecule has 0 heterocycles. The standard InChI is InChI=1S/C14H20N2O2S/c1-10-6-7-12(16(17)18)9-14(10)15-11-4-3-5-13(8-11)19-2/h6-7,9,11,13,15H,3-5,8H2,1-2H3. The Morgan fingerprint density at radius 2 is 2.21 bits per heavy atom. The highest BCUT2D eigenvalue weighted by Gasteiger charge is 2.22. The van der Waals surface area contributed by atoms with Crippen molar-refractivity contribution >= 4 is 23.1 Å². The zero-order valence-electron chi connectivity index (χ0n) is 11.4. The van der Waals surface area contributed by atoms with Crippen molar-refractivity contribution in [3.63, 3.8) is 0 Å². The Hall–Kier alpha value is -1.23. The summed E-state index contributed by atoms with van der Waals surface area (Å²) in [5, 5.41) is 15.0. The van der Waals surface area contributed by atoms with Crippen LogP contribution in [0.25, 0.3) is 0 Å². The first-order valence-electron chi connectivity index (χ1n) is 6.64. The molecule has 1 aliphatic rings. The number of hydrogen-bond acceptors (Lipinski definition) is 4.